The van der Waals surface area contributed by atoms with Gasteiger partial charge in [-0.15, -0.1) is 0 Å². The molecule has 0 aromatic heterocycles. The Morgan fingerprint density at radius 3 is 2.72 bits per heavy atom. The minimum atomic E-state index is -0.882. The van der Waals surface area contributed by atoms with Gasteiger partial charge in [0, 0.05) is 18.7 Å². The molecule has 1 aromatic carbocycles. The van der Waals surface area contributed by atoms with Crippen molar-refractivity contribution in [3.05, 3.63) is 35.4 Å². The SMILES string of the molecule is CC(C)(C)OC(=O)N1CC[C@H]([C@H](Cc2cccc(C=O)c2)C(=O)O)C1. The van der Waals surface area contributed by atoms with E-state index in [0.717, 1.165) is 11.8 Å². The lowest BCUT2D eigenvalue weighted by atomic mass is 9.86. The molecule has 2 atom stereocenters. The Morgan fingerprint density at radius 1 is 1.40 bits per heavy atom. The summed E-state index contributed by atoms with van der Waals surface area (Å²) in [4.78, 5) is 36.4. The number of ether oxygens (including phenoxy) is 1. The summed E-state index contributed by atoms with van der Waals surface area (Å²) < 4.78 is 5.36. The lowest BCUT2D eigenvalue weighted by Crippen LogP contribution is -2.36. The van der Waals surface area contributed by atoms with Crippen LogP contribution in [-0.4, -0.2) is 47.0 Å². The lowest BCUT2D eigenvalue weighted by Gasteiger charge is -2.25. The maximum Gasteiger partial charge on any atom is 0.410 e. The van der Waals surface area contributed by atoms with E-state index in [1.54, 1.807) is 43.9 Å². The van der Waals surface area contributed by atoms with Crippen LogP contribution < -0.4 is 0 Å². The molecule has 6 heteroatoms. The van der Waals surface area contributed by atoms with Crippen LogP contribution in [0.5, 0.6) is 0 Å². The van der Waals surface area contributed by atoms with Crippen LogP contribution in [0.25, 0.3) is 0 Å². The molecule has 1 amide bonds. The molecule has 1 aliphatic rings. The third kappa shape index (κ3) is 5.31. The molecule has 0 bridgehead atoms. The van der Waals surface area contributed by atoms with Gasteiger partial charge in [0.15, 0.2) is 0 Å². The second-order valence-corrected chi connectivity index (χ2v) is 7.49. The molecular weight excluding hydrogens is 322 g/mol. The molecule has 1 aliphatic heterocycles. The van der Waals surface area contributed by atoms with Crippen LogP contribution in [0.15, 0.2) is 24.3 Å². The number of benzene rings is 1. The summed E-state index contributed by atoms with van der Waals surface area (Å²) in [6.07, 6.45) is 1.31. The Bertz CT molecular complexity index is 649. The molecule has 1 heterocycles. The predicted molar refractivity (Wildman–Crippen MR) is 92.6 cm³/mol. The maximum atomic E-state index is 12.2. The van der Waals surface area contributed by atoms with E-state index in [1.165, 1.54) is 0 Å². The van der Waals surface area contributed by atoms with E-state index in [-0.39, 0.29) is 5.92 Å². The Balaban J connectivity index is 2.05. The molecular formula is C19H25NO5. The van der Waals surface area contributed by atoms with Crippen LogP contribution >= 0.6 is 0 Å². The Kier molecular flexibility index (Phi) is 5.82. The highest BCUT2D eigenvalue weighted by atomic mass is 16.6. The minimum Gasteiger partial charge on any atom is -0.481 e. The molecule has 2 rings (SSSR count). The van der Waals surface area contributed by atoms with Gasteiger partial charge in [-0.1, -0.05) is 18.2 Å². The van der Waals surface area contributed by atoms with Gasteiger partial charge in [0.1, 0.15) is 11.9 Å². The molecule has 0 radical (unpaired) electrons. The molecule has 1 N–H and O–H groups in total. The van der Waals surface area contributed by atoms with E-state index in [9.17, 15) is 19.5 Å². The predicted octanol–water partition coefficient (Wildman–Crippen LogP) is 3.00. The monoisotopic (exact) mass is 347 g/mol. The number of carbonyl (C=O) groups excluding carboxylic acids is 2. The molecule has 6 nitrogen and oxygen atoms in total. The van der Waals surface area contributed by atoms with Crippen LogP contribution in [0, 0.1) is 11.8 Å². The lowest BCUT2D eigenvalue weighted by molar-refractivity contribution is -0.143. The third-order valence-electron chi connectivity index (χ3n) is 4.31. The third-order valence-corrected chi connectivity index (χ3v) is 4.31. The number of carbonyl (C=O) groups is 3. The van der Waals surface area contributed by atoms with Crippen molar-refractivity contribution in [1.29, 1.82) is 0 Å². The van der Waals surface area contributed by atoms with Crippen molar-refractivity contribution < 1.29 is 24.2 Å². The van der Waals surface area contributed by atoms with Crippen molar-refractivity contribution >= 4 is 18.3 Å². The van der Waals surface area contributed by atoms with Crippen molar-refractivity contribution in [3.8, 4) is 0 Å². The Labute approximate surface area is 147 Å². The van der Waals surface area contributed by atoms with Gasteiger partial charge in [-0.25, -0.2) is 4.79 Å². The Hall–Kier alpha value is -2.37. The first-order chi connectivity index (χ1) is 11.7. The van der Waals surface area contributed by atoms with Gasteiger partial charge < -0.3 is 14.7 Å². The Morgan fingerprint density at radius 2 is 2.12 bits per heavy atom. The minimum absolute atomic E-state index is 0.134. The quantitative estimate of drug-likeness (QED) is 0.828. The molecule has 0 spiro atoms. The molecule has 0 saturated carbocycles. The molecule has 136 valence electrons. The van der Waals surface area contributed by atoms with Crippen LogP contribution in [0.4, 0.5) is 4.79 Å². The molecule has 0 unspecified atom stereocenters. The normalized spacial score (nSPS) is 18.7. The summed E-state index contributed by atoms with van der Waals surface area (Å²) >= 11 is 0. The summed E-state index contributed by atoms with van der Waals surface area (Å²) in [7, 11) is 0. The smallest absolute Gasteiger partial charge is 0.410 e. The van der Waals surface area contributed by atoms with Crippen molar-refractivity contribution in [3.63, 3.8) is 0 Å². The average Bonchev–Trinajstić information content (AvgIpc) is 3.00. The number of aldehydes is 1. The summed E-state index contributed by atoms with van der Waals surface area (Å²) in [5, 5.41) is 9.63. The second kappa shape index (κ2) is 7.68. The second-order valence-electron chi connectivity index (χ2n) is 7.49. The average molecular weight is 347 g/mol. The first-order valence-corrected chi connectivity index (χ1v) is 8.44. The van der Waals surface area contributed by atoms with Crippen LogP contribution in [0.2, 0.25) is 0 Å². The first kappa shape index (κ1) is 19.0. The van der Waals surface area contributed by atoms with E-state index in [2.05, 4.69) is 0 Å². The van der Waals surface area contributed by atoms with Gasteiger partial charge in [-0.3, -0.25) is 9.59 Å². The first-order valence-electron chi connectivity index (χ1n) is 8.44. The molecule has 25 heavy (non-hydrogen) atoms. The van der Waals surface area contributed by atoms with Crippen molar-refractivity contribution in [2.24, 2.45) is 11.8 Å². The number of hydrogen-bond acceptors (Lipinski definition) is 4. The largest absolute Gasteiger partial charge is 0.481 e. The number of carboxylic acid groups (broad SMARTS) is 1. The fourth-order valence-electron chi connectivity index (χ4n) is 3.11. The van der Waals surface area contributed by atoms with E-state index in [0.29, 0.717) is 31.5 Å². The molecule has 1 saturated heterocycles. The molecule has 1 aromatic rings. The summed E-state index contributed by atoms with van der Waals surface area (Å²) in [6.45, 7) is 6.28. The standard InChI is InChI=1S/C19H25NO5/c1-19(2,3)25-18(24)20-8-7-15(11-20)16(17(22)23)10-13-5-4-6-14(9-13)12-21/h4-6,9,12,15-16H,7-8,10-11H2,1-3H3,(H,22,23)/t15-,16-/m0/s1. The number of rotatable bonds is 5. The van der Waals surface area contributed by atoms with Gasteiger partial charge >= 0.3 is 12.1 Å². The highest BCUT2D eigenvalue weighted by Crippen LogP contribution is 2.28. The van der Waals surface area contributed by atoms with Crippen LogP contribution in [0.3, 0.4) is 0 Å². The zero-order valence-electron chi connectivity index (χ0n) is 14.9. The van der Waals surface area contributed by atoms with Crippen LogP contribution in [0.1, 0.15) is 43.1 Å². The zero-order chi connectivity index (χ0) is 18.6. The highest BCUT2D eigenvalue weighted by Gasteiger charge is 2.37. The van der Waals surface area contributed by atoms with Crippen LogP contribution in [-0.2, 0) is 16.0 Å². The summed E-state index contributed by atoms with van der Waals surface area (Å²) in [6, 6.07) is 6.97. The van der Waals surface area contributed by atoms with Crippen molar-refractivity contribution in [2.75, 3.05) is 13.1 Å². The number of nitrogens with zero attached hydrogens (tertiary/aromatic N) is 1. The van der Waals surface area contributed by atoms with Gasteiger partial charge in [-0.05, 0) is 51.2 Å². The number of amides is 1. The van der Waals surface area contributed by atoms with Gasteiger partial charge in [0.2, 0.25) is 0 Å². The van der Waals surface area contributed by atoms with E-state index >= 15 is 0 Å². The van der Waals surface area contributed by atoms with Crippen molar-refractivity contribution in [1.82, 2.24) is 4.90 Å². The van der Waals surface area contributed by atoms with Gasteiger partial charge in [0.25, 0.3) is 0 Å². The number of carboxylic acids is 1. The highest BCUT2D eigenvalue weighted by molar-refractivity contribution is 5.75. The van der Waals surface area contributed by atoms with Gasteiger partial charge in [-0.2, -0.15) is 0 Å². The number of likely N-dealkylation sites (tertiary alicyclic amines) is 1. The summed E-state index contributed by atoms with van der Waals surface area (Å²) in [5.41, 5.74) is 0.771. The van der Waals surface area contributed by atoms with E-state index in [1.807, 2.05) is 6.07 Å². The fraction of sp³-hybridized carbons (Fsp3) is 0.526. The fourth-order valence-corrected chi connectivity index (χ4v) is 3.11. The topological polar surface area (TPSA) is 83.9 Å². The maximum absolute atomic E-state index is 12.2. The molecule has 1 fully saturated rings. The van der Waals surface area contributed by atoms with Gasteiger partial charge in [0.05, 0.1) is 5.92 Å². The van der Waals surface area contributed by atoms with E-state index < -0.39 is 23.6 Å². The number of aliphatic carboxylic acids is 1. The number of hydrogen-bond donors (Lipinski definition) is 1. The van der Waals surface area contributed by atoms with Crippen molar-refractivity contribution in [2.45, 2.75) is 39.2 Å². The zero-order valence-corrected chi connectivity index (χ0v) is 14.9. The van der Waals surface area contributed by atoms with E-state index in [4.69, 9.17) is 4.74 Å². The summed E-state index contributed by atoms with van der Waals surface area (Å²) in [5.74, 6) is -1.62. The molecule has 0 aliphatic carbocycles.